The van der Waals surface area contributed by atoms with Crippen LogP contribution in [0, 0.1) is 24.3 Å². The molecule has 1 fully saturated rings. The van der Waals surface area contributed by atoms with Gasteiger partial charge in [0, 0.05) is 32.8 Å². The number of nitriles is 1. The summed E-state index contributed by atoms with van der Waals surface area (Å²) in [5.41, 5.74) is 0.346. The number of halogens is 1. The molecule has 0 N–H and O–H groups in total. The maximum Gasteiger partial charge on any atom is 2.00 e. The van der Waals surface area contributed by atoms with E-state index in [1.807, 2.05) is 6.07 Å². The number of carbonyl (C=O) groups excluding carboxylic acids is 1. The van der Waals surface area contributed by atoms with E-state index in [0.29, 0.717) is 18.8 Å². The molecule has 1 saturated heterocycles. The smallest absolute Gasteiger partial charge is 1.00 e. The second-order valence-corrected chi connectivity index (χ2v) is 3.06. The van der Waals surface area contributed by atoms with E-state index in [9.17, 15) is 9.90 Å². The molecule has 0 aromatic heterocycles. The van der Waals surface area contributed by atoms with Crippen LogP contribution in [0.1, 0.15) is 15.9 Å². The van der Waals surface area contributed by atoms with Gasteiger partial charge >= 0.3 is 23.1 Å². The first-order valence-electron chi connectivity index (χ1n) is 4.83. The molecule has 1 aliphatic heterocycles. The minimum absolute atomic E-state index is 0. The van der Waals surface area contributed by atoms with Crippen LogP contribution in [0.15, 0.2) is 18.2 Å². The predicted molar refractivity (Wildman–Crippen MR) is 78.6 cm³/mol. The zero-order chi connectivity index (χ0) is 12.7. The van der Waals surface area contributed by atoms with E-state index in [-0.39, 0.29) is 99.3 Å². The van der Waals surface area contributed by atoms with Crippen LogP contribution in [-0.4, -0.2) is 48.5 Å². The zero-order valence-electron chi connectivity index (χ0n) is 11.3. The molecule has 0 radical (unpaired) electrons. The Morgan fingerprint density at radius 1 is 1.36 bits per heavy atom. The van der Waals surface area contributed by atoms with Crippen molar-refractivity contribution in [2.24, 2.45) is 0 Å². The van der Waals surface area contributed by atoms with Gasteiger partial charge in [0.1, 0.15) is 0 Å². The summed E-state index contributed by atoms with van der Waals surface area (Å²) < 4.78 is 9.64. The number of carbonyl (C=O) groups is 1. The van der Waals surface area contributed by atoms with Gasteiger partial charge in [0.25, 0.3) is 0 Å². The Bertz CT molecular complexity index is 428. The SMILES string of the molecule is N#Cc1c[c-]c(C(=O)[O-])cc1.[Br-].[CH2-]C1OCCO1.[Mg+2].[Pd].[SH-].[SH-]. The standard InChI is InChI=1S/C8H4NO2.C4H7O2.BrH.Mg.Pd.2H2S/c9-5-6-1-3-7(4-2-6)8(10)11;1-4-5-2-3-6-4;;;;;/h1-3H,(H,10,11);4H,1-3H2;1H;;;2*1H2/q2*-1;;+2;;;/p-4. The summed E-state index contributed by atoms with van der Waals surface area (Å²) in [6.45, 7) is 4.90. The number of nitrogens with zero attached hydrogens (tertiary/aromatic N) is 1. The van der Waals surface area contributed by atoms with Crippen molar-refractivity contribution in [2.75, 3.05) is 13.2 Å². The molecule has 1 aromatic carbocycles. The predicted octanol–water partition coefficient (Wildman–Crippen LogP) is -4.00. The molecule has 124 valence electrons. The number of carboxylic acid groups (broad SMARTS) is 1. The zero-order valence-corrected chi connectivity index (χ0v) is 17.7. The van der Waals surface area contributed by atoms with Crippen LogP contribution in [0.2, 0.25) is 0 Å². The van der Waals surface area contributed by atoms with E-state index in [2.05, 4.69) is 13.0 Å². The van der Waals surface area contributed by atoms with Crippen LogP contribution in [0.3, 0.4) is 0 Å². The van der Waals surface area contributed by atoms with Gasteiger partial charge in [0.15, 0.2) is 0 Å². The Balaban J connectivity index is -0.0000000779. The number of benzene rings is 1. The number of ether oxygens (including phenoxy) is 2. The molecule has 0 bridgehead atoms. The van der Waals surface area contributed by atoms with Crippen LogP contribution in [0.4, 0.5) is 0 Å². The maximum absolute atomic E-state index is 10.2. The summed E-state index contributed by atoms with van der Waals surface area (Å²) in [5.74, 6) is -1.28. The number of rotatable bonds is 1. The maximum atomic E-state index is 10.2. The molecule has 1 aliphatic rings. The molecular weight excluding hydrogens is 497 g/mol. The average molecular weight is 509 g/mol. The van der Waals surface area contributed by atoms with Gasteiger partial charge in [-0.1, -0.05) is 0 Å². The third-order valence-electron chi connectivity index (χ3n) is 1.85. The number of aromatic carboxylic acids is 1. The minimum atomic E-state index is -1.28. The molecule has 0 aliphatic carbocycles. The third kappa shape index (κ3) is 14.3. The fraction of sp³-hybridized carbons (Fsp3) is 0.250. The van der Waals surface area contributed by atoms with Crippen LogP contribution in [0.25, 0.3) is 0 Å². The first kappa shape index (κ1) is 34.1. The van der Waals surface area contributed by atoms with Gasteiger partial charge in [0.05, 0.1) is 13.2 Å². The quantitative estimate of drug-likeness (QED) is 0.165. The van der Waals surface area contributed by atoms with E-state index in [0.717, 1.165) is 0 Å². The van der Waals surface area contributed by atoms with Crippen molar-refractivity contribution < 1.29 is 56.8 Å². The molecule has 22 heavy (non-hydrogen) atoms. The van der Waals surface area contributed by atoms with Crippen LogP contribution in [0.5, 0.6) is 0 Å². The van der Waals surface area contributed by atoms with Crippen molar-refractivity contribution >= 4 is 56.0 Å². The first-order chi connectivity index (χ1) is 8.13. The van der Waals surface area contributed by atoms with Crippen molar-refractivity contribution in [1.82, 2.24) is 0 Å². The molecule has 10 heteroatoms. The Labute approximate surface area is 184 Å². The summed E-state index contributed by atoms with van der Waals surface area (Å²) in [6, 6.07) is 8.25. The fourth-order valence-electron chi connectivity index (χ4n) is 1.03. The molecule has 5 nitrogen and oxygen atoms in total. The summed E-state index contributed by atoms with van der Waals surface area (Å²) >= 11 is 0. The number of thiol groups is 2. The summed E-state index contributed by atoms with van der Waals surface area (Å²) in [4.78, 5) is 10.2. The van der Waals surface area contributed by atoms with E-state index in [4.69, 9.17) is 14.7 Å². The molecule has 1 heterocycles. The third-order valence-corrected chi connectivity index (χ3v) is 1.85. The Morgan fingerprint density at radius 3 is 2.09 bits per heavy atom. The number of hydrogen-bond acceptors (Lipinski definition) is 7. The summed E-state index contributed by atoms with van der Waals surface area (Å²) in [7, 11) is 0. The molecule has 2 rings (SSSR count). The largest absolute Gasteiger partial charge is 2.00 e. The Hall–Kier alpha value is 0.709. The van der Waals surface area contributed by atoms with Crippen molar-refractivity contribution in [3.63, 3.8) is 0 Å². The summed E-state index contributed by atoms with van der Waals surface area (Å²) in [5, 5.41) is 18.5. The molecule has 0 amide bonds. The molecule has 0 unspecified atom stereocenters. The monoisotopic (exact) mass is 507 g/mol. The van der Waals surface area contributed by atoms with Crippen LogP contribution < -0.4 is 22.1 Å². The number of hydrogen-bond donors (Lipinski definition) is 0. The van der Waals surface area contributed by atoms with Crippen LogP contribution >= 0.6 is 0 Å². The number of carboxylic acids is 1. The second-order valence-electron chi connectivity index (χ2n) is 3.06. The normalized spacial score (nSPS) is 11.3. The topological polar surface area (TPSA) is 82.4 Å². The van der Waals surface area contributed by atoms with Gasteiger partial charge in [-0.3, -0.25) is 6.92 Å². The summed E-state index contributed by atoms with van der Waals surface area (Å²) in [6.07, 6.45) is -0.204. The van der Waals surface area contributed by atoms with Gasteiger partial charge in [-0.05, 0) is 11.5 Å². The van der Waals surface area contributed by atoms with Gasteiger partial charge in [-0.25, -0.2) is 5.26 Å². The van der Waals surface area contributed by atoms with Crippen LogP contribution in [-0.2, 0) is 56.9 Å². The van der Waals surface area contributed by atoms with E-state index in [1.54, 1.807) is 0 Å². The Morgan fingerprint density at radius 2 is 1.86 bits per heavy atom. The van der Waals surface area contributed by atoms with E-state index in [1.165, 1.54) is 18.2 Å². The average Bonchev–Trinajstić information content (AvgIpc) is 2.81. The van der Waals surface area contributed by atoms with Gasteiger partial charge in [-0.2, -0.15) is 0 Å². The molecule has 0 atom stereocenters. The van der Waals surface area contributed by atoms with E-state index >= 15 is 0 Å². The van der Waals surface area contributed by atoms with Gasteiger partial charge < -0.3 is 63.3 Å². The first-order valence-corrected chi connectivity index (χ1v) is 4.83. The van der Waals surface area contributed by atoms with Crippen molar-refractivity contribution in [3.05, 3.63) is 42.3 Å². The molecule has 0 saturated carbocycles. The minimum Gasteiger partial charge on any atom is -1.00 e. The van der Waals surface area contributed by atoms with Gasteiger partial charge in [0.2, 0.25) is 0 Å². The Kier molecular flexibility index (Phi) is 30.6. The van der Waals surface area contributed by atoms with Crippen molar-refractivity contribution in [1.29, 1.82) is 5.26 Å². The second kappa shape index (κ2) is 19.8. The van der Waals surface area contributed by atoms with Gasteiger partial charge in [-0.15, -0.1) is 29.8 Å². The fourth-order valence-corrected chi connectivity index (χ4v) is 1.03. The molecular formula is C12H12BrMgNO4PdS2-4. The molecule has 1 aromatic rings. The van der Waals surface area contributed by atoms with E-state index < -0.39 is 5.97 Å². The van der Waals surface area contributed by atoms with Crippen molar-refractivity contribution in [2.45, 2.75) is 6.29 Å². The molecule has 0 spiro atoms. The van der Waals surface area contributed by atoms with Crippen molar-refractivity contribution in [3.8, 4) is 6.07 Å².